The van der Waals surface area contributed by atoms with Crippen molar-refractivity contribution in [2.75, 3.05) is 18.5 Å². The van der Waals surface area contributed by atoms with Crippen LogP contribution in [0.1, 0.15) is 31.9 Å². The summed E-state index contributed by atoms with van der Waals surface area (Å²) in [6.45, 7) is 5.05. The minimum Gasteiger partial charge on any atom is -0.465 e. The van der Waals surface area contributed by atoms with Crippen molar-refractivity contribution in [3.05, 3.63) is 36.2 Å². The van der Waals surface area contributed by atoms with E-state index in [4.69, 9.17) is 0 Å². The number of anilines is 1. The highest BCUT2D eigenvalue weighted by Crippen LogP contribution is 2.39. The molecule has 8 heteroatoms. The molecule has 0 saturated carbocycles. The number of aromatic nitrogens is 2. The van der Waals surface area contributed by atoms with Crippen LogP contribution in [0.3, 0.4) is 0 Å². The number of hydrogen-bond donors (Lipinski definition) is 3. The number of rotatable bonds is 5. The molecule has 2 atom stereocenters. The predicted octanol–water partition coefficient (Wildman–Crippen LogP) is 2.22. The van der Waals surface area contributed by atoms with Gasteiger partial charge in [0.2, 0.25) is 5.91 Å². The second-order valence-electron chi connectivity index (χ2n) is 6.85. The summed E-state index contributed by atoms with van der Waals surface area (Å²) in [6, 6.07) is 5.36. The molecule has 2 amide bonds. The molecule has 1 aliphatic rings. The van der Waals surface area contributed by atoms with Crippen LogP contribution in [0.4, 0.5) is 10.5 Å². The quantitative estimate of drug-likeness (QED) is 0.748. The minimum absolute atomic E-state index is 0.0508. The highest BCUT2D eigenvalue weighted by Gasteiger charge is 2.33. The molecule has 2 heterocycles. The minimum atomic E-state index is -1.07. The molecule has 0 saturated heterocycles. The summed E-state index contributed by atoms with van der Waals surface area (Å²) in [5.74, 6) is -0.0508. The third-order valence-corrected chi connectivity index (χ3v) is 4.87. The number of nitrogens with zero attached hydrogens (tertiary/aromatic N) is 3. The van der Waals surface area contributed by atoms with Crippen molar-refractivity contribution in [1.29, 1.82) is 0 Å². The molecule has 1 aromatic heterocycles. The second kappa shape index (κ2) is 7.79. The van der Waals surface area contributed by atoms with Crippen molar-refractivity contribution in [3.8, 4) is 11.1 Å². The van der Waals surface area contributed by atoms with Crippen LogP contribution in [-0.4, -0.2) is 46.5 Å². The standard InChI is InChI=1S/C19H25N5O3/c1-12-8-17(22-19(26)27)16-9-14(4-5-18(16)24(12)13(2)25)15-10-21-23(11-15)7-6-20-3/h4-5,9-12,17,20,22H,6-8H2,1-3H3,(H,26,27)/t12-,17+/m0/s1. The lowest BCUT2D eigenvalue weighted by Crippen LogP contribution is -2.45. The number of hydrogen-bond acceptors (Lipinski definition) is 4. The van der Waals surface area contributed by atoms with Crippen LogP contribution in [0.15, 0.2) is 30.6 Å². The fourth-order valence-electron chi connectivity index (χ4n) is 3.67. The SMILES string of the molecule is CNCCn1cc(-c2ccc3c(c2)[C@H](NC(=O)O)C[C@H](C)N3C(C)=O)cn1. The second-order valence-corrected chi connectivity index (χ2v) is 6.85. The van der Waals surface area contributed by atoms with Gasteiger partial charge in [0.25, 0.3) is 0 Å². The zero-order valence-electron chi connectivity index (χ0n) is 15.8. The van der Waals surface area contributed by atoms with Crippen LogP contribution in [0, 0.1) is 0 Å². The number of nitrogens with one attached hydrogen (secondary N) is 2. The van der Waals surface area contributed by atoms with E-state index in [9.17, 15) is 14.7 Å². The molecule has 144 valence electrons. The number of amides is 2. The average Bonchev–Trinajstić information content (AvgIpc) is 3.07. The lowest BCUT2D eigenvalue weighted by Gasteiger charge is -2.39. The van der Waals surface area contributed by atoms with Crippen molar-refractivity contribution in [3.63, 3.8) is 0 Å². The van der Waals surface area contributed by atoms with E-state index in [0.29, 0.717) is 6.42 Å². The van der Waals surface area contributed by atoms with Gasteiger partial charge in [-0.25, -0.2) is 4.79 Å². The number of carbonyl (C=O) groups excluding carboxylic acids is 1. The number of fused-ring (bicyclic) bond motifs is 1. The first-order valence-corrected chi connectivity index (χ1v) is 9.01. The molecule has 0 aliphatic carbocycles. The molecule has 3 N–H and O–H groups in total. The van der Waals surface area contributed by atoms with Gasteiger partial charge < -0.3 is 20.6 Å². The van der Waals surface area contributed by atoms with E-state index in [1.807, 2.05) is 43.0 Å². The van der Waals surface area contributed by atoms with Crippen LogP contribution in [-0.2, 0) is 11.3 Å². The van der Waals surface area contributed by atoms with Crippen LogP contribution in [0.5, 0.6) is 0 Å². The maximum absolute atomic E-state index is 12.1. The number of carbonyl (C=O) groups is 2. The van der Waals surface area contributed by atoms with Gasteiger partial charge in [-0.3, -0.25) is 9.48 Å². The van der Waals surface area contributed by atoms with E-state index in [2.05, 4.69) is 15.7 Å². The normalized spacial score (nSPS) is 18.9. The Balaban J connectivity index is 1.99. The van der Waals surface area contributed by atoms with Gasteiger partial charge in [0.05, 0.1) is 18.8 Å². The molecule has 8 nitrogen and oxygen atoms in total. The van der Waals surface area contributed by atoms with E-state index in [1.54, 1.807) is 11.1 Å². The van der Waals surface area contributed by atoms with E-state index >= 15 is 0 Å². The summed E-state index contributed by atoms with van der Waals surface area (Å²) in [5.41, 5.74) is 3.47. The van der Waals surface area contributed by atoms with E-state index < -0.39 is 6.09 Å². The predicted molar refractivity (Wildman–Crippen MR) is 103 cm³/mol. The van der Waals surface area contributed by atoms with Gasteiger partial charge in [0, 0.05) is 37.0 Å². The average molecular weight is 371 g/mol. The van der Waals surface area contributed by atoms with Gasteiger partial charge in [0.1, 0.15) is 0 Å². The smallest absolute Gasteiger partial charge is 0.405 e. The van der Waals surface area contributed by atoms with Crippen molar-refractivity contribution in [1.82, 2.24) is 20.4 Å². The molecule has 0 radical (unpaired) electrons. The Hall–Kier alpha value is -2.87. The van der Waals surface area contributed by atoms with Crippen molar-refractivity contribution in [2.45, 2.75) is 38.9 Å². The lowest BCUT2D eigenvalue weighted by molar-refractivity contribution is -0.117. The molecule has 1 aliphatic heterocycles. The van der Waals surface area contributed by atoms with Gasteiger partial charge >= 0.3 is 6.09 Å². The Morgan fingerprint density at radius 1 is 1.33 bits per heavy atom. The molecule has 0 fully saturated rings. The molecule has 0 bridgehead atoms. The third-order valence-electron chi connectivity index (χ3n) is 4.87. The first-order chi connectivity index (χ1) is 12.9. The summed E-state index contributed by atoms with van der Waals surface area (Å²) in [6.07, 6.45) is 3.22. The molecule has 27 heavy (non-hydrogen) atoms. The van der Waals surface area contributed by atoms with Crippen LogP contribution >= 0.6 is 0 Å². The zero-order chi connectivity index (χ0) is 19.6. The molecule has 1 aromatic carbocycles. The molecule has 3 rings (SSSR count). The topological polar surface area (TPSA) is 99.5 Å². The van der Waals surface area contributed by atoms with Crippen LogP contribution < -0.4 is 15.5 Å². The van der Waals surface area contributed by atoms with Crippen molar-refractivity contribution in [2.24, 2.45) is 0 Å². The molecular formula is C19H25N5O3. The van der Waals surface area contributed by atoms with Gasteiger partial charge in [-0.05, 0) is 43.7 Å². The Morgan fingerprint density at radius 2 is 2.11 bits per heavy atom. The molecule has 0 spiro atoms. The lowest BCUT2D eigenvalue weighted by atomic mass is 9.89. The summed E-state index contributed by atoms with van der Waals surface area (Å²) in [7, 11) is 1.89. The molecule has 2 aromatic rings. The first-order valence-electron chi connectivity index (χ1n) is 9.01. The highest BCUT2D eigenvalue weighted by molar-refractivity contribution is 5.94. The van der Waals surface area contributed by atoms with Crippen molar-refractivity contribution < 1.29 is 14.7 Å². The summed E-state index contributed by atoms with van der Waals surface area (Å²) in [5, 5.41) is 19.3. The molecular weight excluding hydrogens is 346 g/mol. The summed E-state index contributed by atoms with van der Waals surface area (Å²) in [4.78, 5) is 25.1. The van der Waals surface area contributed by atoms with E-state index in [1.165, 1.54) is 6.92 Å². The van der Waals surface area contributed by atoms with E-state index in [-0.39, 0.29) is 18.0 Å². The summed E-state index contributed by atoms with van der Waals surface area (Å²) < 4.78 is 1.86. The van der Waals surface area contributed by atoms with Gasteiger partial charge in [-0.2, -0.15) is 5.10 Å². The Labute approximate surface area is 158 Å². The Kier molecular flexibility index (Phi) is 5.46. The first kappa shape index (κ1) is 18.9. The van der Waals surface area contributed by atoms with Gasteiger partial charge in [-0.15, -0.1) is 0 Å². The van der Waals surface area contributed by atoms with Crippen molar-refractivity contribution >= 4 is 17.7 Å². The monoisotopic (exact) mass is 371 g/mol. The Bertz CT molecular complexity index is 848. The molecule has 0 unspecified atom stereocenters. The van der Waals surface area contributed by atoms with Gasteiger partial charge in [0.15, 0.2) is 0 Å². The summed E-state index contributed by atoms with van der Waals surface area (Å²) >= 11 is 0. The Morgan fingerprint density at radius 3 is 2.78 bits per heavy atom. The fourth-order valence-corrected chi connectivity index (χ4v) is 3.67. The number of benzene rings is 1. The fraction of sp³-hybridized carbons (Fsp3) is 0.421. The number of carboxylic acid groups (broad SMARTS) is 1. The zero-order valence-corrected chi connectivity index (χ0v) is 15.8. The van der Waals surface area contributed by atoms with Crippen LogP contribution in [0.2, 0.25) is 0 Å². The van der Waals surface area contributed by atoms with Gasteiger partial charge in [-0.1, -0.05) is 6.07 Å². The largest absolute Gasteiger partial charge is 0.465 e. The maximum Gasteiger partial charge on any atom is 0.405 e. The third kappa shape index (κ3) is 3.95. The maximum atomic E-state index is 12.1. The van der Waals surface area contributed by atoms with E-state index in [0.717, 1.165) is 35.5 Å². The van der Waals surface area contributed by atoms with Crippen LogP contribution in [0.25, 0.3) is 11.1 Å². The highest BCUT2D eigenvalue weighted by atomic mass is 16.4. The number of likely N-dealkylation sites (N-methyl/N-ethyl adjacent to an activating group) is 1.